The van der Waals surface area contributed by atoms with Crippen LogP contribution in [0.25, 0.3) is 0 Å². The molecule has 0 bridgehead atoms. The molecule has 0 spiro atoms. The van der Waals surface area contributed by atoms with Gasteiger partial charge in [-0.25, -0.2) is 8.78 Å². The average molecular weight is 269 g/mol. The largest absolute Gasteiger partial charge is 0.352 e. The lowest BCUT2D eigenvalue weighted by molar-refractivity contribution is -0.124. The number of hydrogen-bond donors (Lipinski definition) is 2. The summed E-state index contributed by atoms with van der Waals surface area (Å²) in [6, 6.07) is -0.632. The molecule has 0 aromatic heterocycles. The highest BCUT2D eigenvalue weighted by Gasteiger charge is 2.42. The van der Waals surface area contributed by atoms with Crippen LogP contribution in [0, 0.1) is 5.92 Å². The third-order valence-corrected chi connectivity index (χ3v) is 3.20. The molecular weight excluding hydrogens is 250 g/mol. The Bertz CT molecular complexity index is 285. The molecule has 1 saturated carbocycles. The van der Waals surface area contributed by atoms with E-state index in [2.05, 4.69) is 10.6 Å². The molecule has 1 aliphatic heterocycles. The van der Waals surface area contributed by atoms with Crippen molar-refractivity contribution in [3.63, 3.8) is 0 Å². The van der Waals surface area contributed by atoms with E-state index in [0.717, 1.165) is 12.3 Å². The number of carbonyl (C=O) groups excluding carboxylic acids is 1. The number of alkyl halides is 2. The third-order valence-electron chi connectivity index (χ3n) is 3.20. The van der Waals surface area contributed by atoms with Crippen molar-refractivity contribution < 1.29 is 13.6 Å². The third kappa shape index (κ3) is 4.39. The Labute approximate surface area is 106 Å². The fourth-order valence-electron chi connectivity index (χ4n) is 2.16. The lowest BCUT2D eigenvalue weighted by Crippen LogP contribution is -2.44. The molecule has 0 aromatic carbocycles. The molecule has 2 rings (SSSR count). The number of amides is 1. The summed E-state index contributed by atoms with van der Waals surface area (Å²) < 4.78 is 25.7. The lowest BCUT2D eigenvalue weighted by atomic mass is 10.1. The average Bonchev–Trinajstić information content (AvgIpc) is 2.88. The topological polar surface area (TPSA) is 41.1 Å². The summed E-state index contributed by atoms with van der Waals surface area (Å²) in [4.78, 5) is 11.6. The molecule has 2 atom stereocenters. The molecule has 1 aliphatic carbocycles. The van der Waals surface area contributed by atoms with Crippen LogP contribution in [0.2, 0.25) is 0 Å². The first-order chi connectivity index (χ1) is 7.46. The first-order valence-electron chi connectivity index (χ1n) is 5.88. The van der Waals surface area contributed by atoms with E-state index >= 15 is 0 Å². The predicted molar refractivity (Wildman–Crippen MR) is 63.5 cm³/mol. The minimum Gasteiger partial charge on any atom is -0.352 e. The lowest BCUT2D eigenvalue weighted by Gasteiger charge is -2.16. The zero-order chi connectivity index (χ0) is 11.8. The summed E-state index contributed by atoms with van der Waals surface area (Å²) in [5, 5.41) is 5.36. The van der Waals surface area contributed by atoms with Gasteiger partial charge < -0.3 is 5.32 Å². The van der Waals surface area contributed by atoms with Crippen molar-refractivity contribution in [2.45, 2.75) is 50.6 Å². The van der Waals surface area contributed by atoms with Crippen molar-refractivity contribution in [3.05, 3.63) is 0 Å². The van der Waals surface area contributed by atoms with Gasteiger partial charge in [-0.3, -0.25) is 10.1 Å². The predicted octanol–water partition coefficient (Wildman–Crippen LogP) is 1.71. The molecule has 17 heavy (non-hydrogen) atoms. The van der Waals surface area contributed by atoms with E-state index in [9.17, 15) is 13.6 Å². The van der Waals surface area contributed by atoms with Gasteiger partial charge >= 0.3 is 0 Å². The Balaban J connectivity index is 0.00000144. The van der Waals surface area contributed by atoms with Gasteiger partial charge in [0, 0.05) is 12.5 Å². The van der Waals surface area contributed by atoms with Crippen LogP contribution in [0.1, 0.15) is 32.6 Å². The van der Waals surface area contributed by atoms with Crippen LogP contribution < -0.4 is 10.6 Å². The molecule has 1 amide bonds. The van der Waals surface area contributed by atoms with Crippen molar-refractivity contribution in [1.29, 1.82) is 0 Å². The number of halogens is 3. The highest BCUT2D eigenvalue weighted by Crippen LogP contribution is 2.33. The molecule has 0 aromatic rings. The maximum absolute atomic E-state index is 12.9. The summed E-state index contributed by atoms with van der Waals surface area (Å²) in [5.41, 5.74) is 0. The highest BCUT2D eigenvalue weighted by molar-refractivity contribution is 5.85. The molecule has 100 valence electrons. The van der Waals surface area contributed by atoms with Crippen LogP contribution >= 0.6 is 12.4 Å². The van der Waals surface area contributed by atoms with E-state index in [1.165, 1.54) is 12.8 Å². The molecule has 1 saturated heterocycles. The second kappa shape index (κ2) is 5.48. The van der Waals surface area contributed by atoms with E-state index in [1.54, 1.807) is 0 Å². The Morgan fingerprint density at radius 2 is 2.18 bits per heavy atom. The zero-order valence-electron chi connectivity index (χ0n) is 9.84. The summed E-state index contributed by atoms with van der Waals surface area (Å²) in [7, 11) is 0. The van der Waals surface area contributed by atoms with Crippen LogP contribution in [0.15, 0.2) is 0 Å². The van der Waals surface area contributed by atoms with Gasteiger partial charge in [0.25, 0.3) is 5.92 Å². The number of carbonyl (C=O) groups is 1. The zero-order valence-corrected chi connectivity index (χ0v) is 10.7. The molecule has 2 unspecified atom stereocenters. The standard InChI is InChI=1S/C11H18F2N2O.ClH/c1-7(4-8-2-3-8)15-10(16)9-5-11(12,13)6-14-9;/h7-9,14H,2-6H2,1H3,(H,15,16);1H. The smallest absolute Gasteiger partial charge is 0.262 e. The Kier molecular flexibility index (Phi) is 4.72. The van der Waals surface area contributed by atoms with Crippen LogP contribution in [-0.2, 0) is 4.79 Å². The highest BCUT2D eigenvalue weighted by atomic mass is 35.5. The van der Waals surface area contributed by atoms with Gasteiger partial charge in [0.1, 0.15) is 0 Å². The molecule has 2 N–H and O–H groups in total. The second-order valence-electron chi connectivity index (χ2n) is 5.08. The minimum atomic E-state index is -2.73. The molecule has 3 nitrogen and oxygen atoms in total. The van der Waals surface area contributed by atoms with Gasteiger partial charge in [0.05, 0.1) is 12.6 Å². The summed E-state index contributed by atoms with van der Waals surface area (Å²) >= 11 is 0. The molecular formula is C11H19ClF2N2O. The minimum absolute atomic E-state index is 0. The molecule has 0 radical (unpaired) electrons. The van der Waals surface area contributed by atoms with Crippen molar-refractivity contribution in [3.8, 4) is 0 Å². The summed E-state index contributed by atoms with van der Waals surface area (Å²) in [6.07, 6.45) is 3.06. The van der Waals surface area contributed by atoms with Gasteiger partial charge in [-0.1, -0.05) is 12.8 Å². The molecule has 1 heterocycles. The van der Waals surface area contributed by atoms with Gasteiger partial charge in [-0.2, -0.15) is 0 Å². The summed E-state index contributed by atoms with van der Waals surface area (Å²) in [5.74, 6) is -2.29. The fourth-order valence-corrected chi connectivity index (χ4v) is 2.16. The Morgan fingerprint density at radius 1 is 1.53 bits per heavy atom. The Morgan fingerprint density at radius 3 is 2.65 bits per heavy atom. The summed E-state index contributed by atoms with van der Waals surface area (Å²) in [6.45, 7) is 1.55. The fraction of sp³-hybridized carbons (Fsp3) is 0.909. The molecule has 6 heteroatoms. The number of hydrogen-bond acceptors (Lipinski definition) is 2. The van der Waals surface area contributed by atoms with Gasteiger partial charge in [-0.15, -0.1) is 12.4 Å². The first-order valence-corrected chi connectivity index (χ1v) is 5.88. The SMILES string of the molecule is CC(CC1CC1)NC(=O)C1CC(F)(F)CN1.Cl. The van der Waals surface area contributed by atoms with Gasteiger partial charge in [-0.05, 0) is 19.3 Å². The second-order valence-corrected chi connectivity index (χ2v) is 5.08. The Hall–Kier alpha value is -0.420. The van der Waals surface area contributed by atoms with Crippen LogP contribution in [0.5, 0.6) is 0 Å². The van der Waals surface area contributed by atoms with E-state index in [4.69, 9.17) is 0 Å². The maximum Gasteiger partial charge on any atom is 0.262 e. The normalized spacial score (nSPS) is 28.3. The monoisotopic (exact) mass is 268 g/mol. The van der Waals surface area contributed by atoms with Crippen LogP contribution in [0.4, 0.5) is 8.78 Å². The van der Waals surface area contributed by atoms with E-state index in [1.807, 2.05) is 6.92 Å². The molecule has 2 fully saturated rings. The first kappa shape index (κ1) is 14.6. The van der Waals surface area contributed by atoms with Crippen molar-refractivity contribution in [2.75, 3.05) is 6.54 Å². The van der Waals surface area contributed by atoms with Crippen molar-refractivity contribution in [1.82, 2.24) is 10.6 Å². The van der Waals surface area contributed by atoms with Crippen LogP contribution in [0.3, 0.4) is 0 Å². The van der Waals surface area contributed by atoms with Crippen molar-refractivity contribution >= 4 is 18.3 Å². The van der Waals surface area contributed by atoms with E-state index in [0.29, 0.717) is 0 Å². The van der Waals surface area contributed by atoms with Gasteiger partial charge in [0.15, 0.2) is 0 Å². The number of nitrogens with one attached hydrogen (secondary N) is 2. The van der Waals surface area contributed by atoms with Crippen molar-refractivity contribution in [2.24, 2.45) is 5.92 Å². The van der Waals surface area contributed by atoms with E-state index in [-0.39, 0.29) is 37.3 Å². The quantitative estimate of drug-likeness (QED) is 0.815. The van der Waals surface area contributed by atoms with E-state index < -0.39 is 12.0 Å². The number of rotatable bonds is 4. The van der Waals surface area contributed by atoms with Crippen LogP contribution in [-0.4, -0.2) is 30.5 Å². The maximum atomic E-state index is 12.9. The van der Waals surface area contributed by atoms with Gasteiger partial charge in [0.2, 0.25) is 5.91 Å². The molecule has 2 aliphatic rings.